The van der Waals surface area contributed by atoms with Crippen LogP contribution in [0.2, 0.25) is 0 Å². The Labute approximate surface area is 157 Å². The first-order valence-electron chi connectivity index (χ1n) is 8.31. The van der Waals surface area contributed by atoms with E-state index in [1.165, 1.54) is 16.7 Å². The molecule has 0 bridgehead atoms. The van der Waals surface area contributed by atoms with Crippen LogP contribution in [0.3, 0.4) is 0 Å². The van der Waals surface area contributed by atoms with Crippen LogP contribution in [-0.4, -0.2) is 22.0 Å². The predicted octanol–water partition coefficient (Wildman–Crippen LogP) is 3.61. The minimum Gasteiger partial charge on any atom is -0.274 e. The van der Waals surface area contributed by atoms with E-state index in [9.17, 15) is 14.9 Å². The van der Waals surface area contributed by atoms with Gasteiger partial charge in [-0.1, -0.05) is 29.5 Å². The molecule has 2 aromatic rings. The average molecular weight is 365 g/mol. The van der Waals surface area contributed by atoms with Crippen molar-refractivity contribution in [2.45, 2.75) is 44.4 Å². The Morgan fingerprint density at radius 1 is 1.12 bits per heavy atom. The minimum atomic E-state index is -0.565. The molecule has 1 saturated heterocycles. The molecule has 132 valence electrons. The first kappa shape index (κ1) is 18.2. The Kier molecular flexibility index (Phi) is 4.84. The molecule has 1 atom stereocenters. The van der Waals surface area contributed by atoms with Gasteiger partial charge in [0.05, 0.1) is 16.5 Å². The molecule has 2 heterocycles. The van der Waals surface area contributed by atoms with Gasteiger partial charge in [0.15, 0.2) is 0 Å². The lowest BCUT2D eigenvalue weighted by Crippen LogP contribution is -2.31. The lowest BCUT2D eigenvalue weighted by Gasteiger charge is -2.16. The first-order chi connectivity index (χ1) is 12.3. The number of aromatic nitrogens is 1. The second-order valence-corrected chi connectivity index (χ2v) is 7.64. The van der Waals surface area contributed by atoms with Gasteiger partial charge in [0.1, 0.15) is 11.1 Å². The van der Waals surface area contributed by atoms with Gasteiger partial charge in [-0.25, -0.2) is 9.88 Å². The van der Waals surface area contributed by atoms with Crippen LogP contribution in [0, 0.1) is 39.0 Å². The number of hydrogen-bond acceptors (Lipinski definition) is 5. The number of imide groups is 1. The summed E-state index contributed by atoms with van der Waals surface area (Å²) in [6.45, 7) is 7.64. The van der Waals surface area contributed by atoms with Gasteiger partial charge in [0.25, 0.3) is 0 Å². The van der Waals surface area contributed by atoms with Gasteiger partial charge in [-0.15, -0.1) is 0 Å². The zero-order valence-corrected chi connectivity index (χ0v) is 16.0. The maximum Gasteiger partial charge on any atom is 0.247 e. The Balaban J connectivity index is 1.91. The number of amides is 2. The number of carbonyl (C=O) groups excluding carboxylic acids is 2. The van der Waals surface area contributed by atoms with E-state index in [4.69, 9.17) is 0 Å². The van der Waals surface area contributed by atoms with E-state index in [2.05, 4.69) is 11.1 Å². The van der Waals surface area contributed by atoms with Crippen molar-refractivity contribution < 1.29 is 9.59 Å². The summed E-state index contributed by atoms with van der Waals surface area (Å²) in [6, 6.07) is 9.48. The number of anilines is 1. The number of carbonyl (C=O) groups is 2. The summed E-state index contributed by atoms with van der Waals surface area (Å²) in [5.74, 6) is -0.485. The molecule has 3 rings (SSSR count). The fraction of sp³-hybridized carbons (Fsp3) is 0.300. The number of aryl methyl sites for hydroxylation is 2. The first-order valence-corrected chi connectivity index (χ1v) is 9.19. The van der Waals surface area contributed by atoms with Gasteiger partial charge in [-0.3, -0.25) is 9.59 Å². The molecular formula is C20H19N3O2S. The second-order valence-electron chi connectivity index (χ2n) is 6.45. The highest BCUT2D eigenvalue weighted by atomic mass is 32.2. The van der Waals surface area contributed by atoms with Crippen LogP contribution < -0.4 is 4.90 Å². The molecule has 1 aromatic heterocycles. The fourth-order valence-electron chi connectivity index (χ4n) is 2.92. The zero-order valence-electron chi connectivity index (χ0n) is 15.2. The van der Waals surface area contributed by atoms with Gasteiger partial charge < -0.3 is 0 Å². The van der Waals surface area contributed by atoms with Crippen molar-refractivity contribution in [2.75, 3.05) is 4.90 Å². The number of benzene rings is 1. The number of rotatable bonds is 3. The van der Waals surface area contributed by atoms with Crippen LogP contribution in [0.1, 0.15) is 34.4 Å². The highest BCUT2D eigenvalue weighted by Gasteiger charge is 2.40. The van der Waals surface area contributed by atoms with Gasteiger partial charge in [0.2, 0.25) is 11.8 Å². The molecule has 26 heavy (non-hydrogen) atoms. The molecule has 0 unspecified atom stereocenters. The molecule has 0 N–H and O–H groups in total. The standard InChI is InChI=1S/C20H19N3O2S/c1-11-5-7-15(8-6-11)23-18(24)9-17(20(23)25)26-19-16(10-21)13(3)12(2)14(4)22-19/h5-8,17H,9H2,1-4H3/t17-/m1/s1. The number of nitrogens with zero attached hydrogens (tertiary/aromatic N) is 3. The summed E-state index contributed by atoms with van der Waals surface area (Å²) in [4.78, 5) is 31.0. The molecule has 0 aliphatic carbocycles. The molecule has 2 amide bonds. The van der Waals surface area contributed by atoms with E-state index in [1.807, 2.05) is 39.8 Å². The van der Waals surface area contributed by atoms with Crippen molar-refractivity contribution in [3.63, 3.8) is 0 Å². The van der Waals surface area contributed by atoms with E-state index in [-0.39, 0.29) is 18.2 Å². The maximum absolute atomic E-state index is 12.8. The summed E-state index contributed by atoms with van der Waals surface area (Å²) in [5.41, 5.74) is 4.80. The summed E-state index contributed by atoms with van der Waals surface area (Å²) >= 11 is 1.21. The molecule has 1 fully saturated rings. The van der Waals surface area contributed by atoms with Crippen molar-refractivity contribution in [1.82, 2.24) is 4.98 Å². The van der Waals surface area contributed by atoms with E-state index in [0.717, 1.165) is 22.4 Å². The molecule has 5 nitrogen and oxygen atoms in total. The quantitative estimate of drug-likeness (QED) is 0.777. The van der Waals surface area contributed by atoms with E-state index in [1.54, 1.807) is 12.1 Å². The lowest BCUT2D eigenvalue weighted by atomic mass is 10.1. The van der Waals surface area contributed by atoms with Crippen LogP contribution in [0.15, 0.2) is 29.3 Å². The third-order valence-electron chi connectivity index (χ3n) is 4.73. The van der Waals surface area contributed by atoms with Gasteiger partial charge in [0, 0.05) is 12.1 Å². The van der Waals surface area contributed by atoms with Crippen molar-refractivity contribution in [1.29, 1.82) is 5.26 Å². The van der Waals surface area contributed by atoms with Crippen LogP contribution in [0.4, 0.5) is 5.69 Å². The highest BCUT2D eigenvalue weighted by Crippen LogP contribution is 2.36. The number of thioether (sulfide) groups is 1. The van der Waals surface area contributed by atoms with Crippen LogP contribution >= 0.6 is 11.8 Å². The van der Waals surface area contributed by atoms with Crippen molar-refractivity contribution in [2.24, 2.45) is 0 Å². The normalized spacial score (nSPS) is 16.9. The van der Waals surface area contributed by atoms with Gasteiger partial charge >= 0.3 is 0 Å². The van der Waals surface area contributed by atoms with Crippen LogP contribution in [-0.2, 0) is 9.59 Å². The zero-order chi connectivity index (χ0) is 19.0. The Hall–Kier alpha value is -2.65. The topological polar surface area (TPSA) is 74.1 Å². The van der Waals surface area contributed by atoms with E-state index < -0.39 is 5.25 Å². The Bertz CT molecular complexity index is 945. The molecule has 0 radical (unpaired) electrons. The van der Waals surface area contributed by atoms with E-state index >= 15 is 0 Å². The van der Waals surface area contributed by atoms with Gasteiger partial charge in [-0.05, 0) is 51.0 Å². The van der Waals surface area contributed by atoms with Crippen molar-refractivity contribution in [3.05, 3.63) is 52.2 Å². The smallest absolute Gasteiger partial charge is 0.247 e. The Morgan fingerprint density at radius 3 is 2.38 bits per heavy atom. The Morgan fingerprint density at radius 2 is 1.77 bits per heavy atom. The fourth-order valence-corrected chi connectivity index (χ4v) is 4.13. The minimum absolute atomic E-state index is 0.107. The van der Waals surface area contributed by atoms with Crippen molar-refractivity contribution in [3.8, 4) is 6.07 Å². The van der Waals surface area contributed by atoms with Gasteiger partial charge in [-0.2, -0.15) is 5.26 Å². The van der Waals surface area contributed by atoms with E-state index in [0.29, 0.717) is 16.3 Å². The average Bonchev–Trinajstić information content (AvgIpc) is 2.88. The van der Waals surface area contributed by atoms with Crippen LogP contribution in [0.5, 0.6) is 0 Å². The molecule has 1 aromatic carbocycles. The third kappa shape index (κ3) is 3.11. The highest BCUT2D eigenvalue weighted by molar-refractivity contribution is 8.00. The SMILES string of the molecule is Cc1ccc(N2C(=O)C[C@@H](Sc3nc(C)c(C)c(C)c3C#N)C2=O)cc1. The molecule has 1 aliphatic heterocycles. The third-order valence-corrected chi connectivity index (χ3v) is 5.90. The van der Waals surface area contributed by atoms with Crippen molar-refractivity contribution >= 4 is 29.3 Å². The molecular weight excluding hydrogens is 346 g/mol. The molecule has 0 spiro atoms. The number of pyridine rings is 1. The predicted molar refractivity (Wildman–Crippen MR) is 101 cm³/mol. The largest absolute Gasteiger partial charge is 0.274 e. The lowest BCUT2D eigenvalue weighted by molar-refractivity contribution is -0.121. The number of hydrogen-bond donors (Lipinski definition) is 0. The monoisotopic (exact) mass is 365 g/mol. The molecule has 6 heteroatoms. The second kappa shape index (κ2) is 6.93. The number of nitriles is 1. The molecule has 0 saturated carbocycles. The maximum atomic E-state index is 12.8. The summed E-state index contributed by atoms with van der Waals surface area (Å²) in [5, 5.41) is 9.45. The summed E-state index contributed by atoms with van der Waals surface area (Å²) in [6.07, 6.45) is 0.107. The summed E-state index contributed by atoms with van der Waals surface area (Å²) in [7, 11) is 0. The summed E-state index contributed by atoms with van der Waals surface area (Å²) < 4.78 is 0. The van der Waals surface area contributed by atoms with Crippen LogP contribution in [0.25, 0.3) is 0 Å². The molecule has 1 aliphatic rings.